The van der Waals surface area contributed by atoms with Gasteiger partial charge in [0.15, 0.2) is 0 Å². The van der Waals surface area contributed by atoms with Gasteiger partial charge in [0.1, 0.15) is 11.0 Å². The first-order valence-electron chi connectivity index (χ1n) is 5.32. The lowest BCUT2D eigenvalue weighted by Crippen LogP contribution is -2.23. The first-order valence-corrected chi connectivity index (χ1v) is 6.49. The fourth-order valence-electron chi connectivity index (χ4n) is 1.67. The Balaban J connectivity index is 2.43. The summed E-state index contributed by atoms with van der Waals surface area (Å²) in [5.74, 6) is 0.527. The minimum Gasteiger partial charge on any atom is -0.307 e. The van der Waals surface area contributed by atoms with Crippen molar-refractivity contribution >= 4 is 27.5 Å². The lowest BCUT2D eigenvalue weighted by Gasteiger charge is -2.07. The second kappa shape index (κ2) is 5.20. The molecule has 0 bridgehead atoms. The van der Waals surface area contributed by atoms with Crippen LogP contribution >= 0.6 is 27.5 Å². The van der Waals surface area contributed by atoms with Crippen molar-refractivity contribution < 1.29 is 0 Å². The number of rotatable bonds is 2. The van der Waals surface area contributed by atoms with E-state index in [0.717, 1.165) is 10.2 Å². The monoisotopic (exact) mass is 327 g/mol. The zero-order valence-corrected chi connectivity index (χ0v) is 12.3. The fraction of sp³-hybridized carbons (Fsp3) is 0.250. The third-order valence-electron chi connectivity index (χ3n) is 2.41. The van der Waals surface area contributed by atoms with Crippen LogP contribution in [0.3, 0.4) is 0 Å². The van der Waals surface area contributed by atoms with Crippen molar-refractivity contribution in [3.63, 3.8) is 0 Å². The summed E-state index contributed by atoms with van der Waals surface area (Å²) in [5.41, 5.74) is 1.40. The lowest BCUT2D eigenvalue weighted by molar-refractivity contribution is 0.703. The van der Waals surface area contributed by atoms with E-state index in [1.807, 2.05) is 6.92 Å². The maximum absolute atomic E-state index is 11.9. The van der Waals surface area contributed by atoms with Gasteiger partial charge in [-0.1, -0.05) is 11.6 Å². The van der Waals surface area contributed by atoms with Crippen LogP contribution in [0.1, 0.15) is 17.1 Å². The molecule has 94 valence electrons. The average Bonchev–Trinajstić information content (AvgIpc) is 2.23. The smallest absolute Gasteiger partial charge is 0.253 e. The van der Waals surface area contributed by atoms with Gasteiger partial charge in [-0.2, -0.15) is 0 Å². The molecule has 0 radical (unpaired) electrons. The summed E-state index contributed by atoms with van der Waals surface area (Å²) in [6.45, 7) is 3.92. The standard InChI is InChI=1S/C12H11BrClN3O/c1-7-3-9(13)5-17(12(7)18)6-11-15-8(2)4-10(14)16-11/h3-5H,6H2,1-2H3. The highest BCUT2D eigenvalue weighted by Crippen LogP contribution is 2.10. The Morgan fingerprint density at radius 3 is 2.72 bits per heavy atom. The lowest BCUT2D eigenvalue weighted by atomic mass is 10.3. The summed E-state index contributed by atoms with van der Waals surface area (Å²) < 4.78 is 2.41. The second-order valence-corrected chi connectivity index (χ2v) is 5.33. The van der Waals surface area contributed by atoms with Gasteiger partial charge < -0.3 is 4.57 Å². The van der Waals surface area contributed by atoms with E-state index in [-0.39, 0.29) is 5.56 Å². The summed E-state index contributed by atoms with van der Waals surface area (Å²) in [5, 5.41) is 0.386. The van der Waals surface area contributed by atoms with E-state index >= 15 is 0 Å². The van der Waals surface area contributed by atoms with E-state index in [0.29, 0.717) is 23.1 Å². The van der Waals surface area contributed by atoms with Gasteiger partial charge in [-0.15, -0.1) is 0 Å². The number of pyridine rings is 1. The Morgan fingerprint density at radius 2 is 2.06 bits per heavy atom. The van der Waals surface area contributed by atoms with Gasteiger partial charge in [0, 0.05) is 21.9 Å². The van der Waals surface area contributed by atoms with Crippen molar-refractivity contribution in [3.8, 4) is 0 Å². The second-order valence-electron chi connectivity index (χ2n) is 4.02. The molecule has 0 saturated carbocycles. The van der Waals surface area contributed by atoms with Crippen LogP contribution in [-0.4, -0.2) is 14.5 Å². The summed E-state index contributed by atoms with van der Waals surface area (Å²) in [6, 6.07) is 3.46. The van der Waals surface area contributed by atoms with Gasteiger partial charge in [0.05, 0.1) is 6.54 Å². The molecule has 0 aliphatic heterocycles. The molecule has 18 heavy (non-hydrogen) atoms. The van der Waals surface area contributed by atoms with Gasteiger partial charge in [-0.05, 0) is 41.9 Å². The molecule has 2 aromatic rings. The Bertz CT molecular complexity index is 634. The Kier molecular flexibility index (Phi) is 3.82. The SMILES string of the molecule is Cc1cc(Cl)nc(Cn2cc(Br)cc(C)c2=O)n1. The van der Waals surface area contributed by atoms with Crippen LogP contribution in [0, 0.1) is 13.8 Å². The highest BCUT2D eigenvalue weighted by molar-refractivity contribution is 9.10. The highest BCUT2D eigenvalue weighted by atomic mass is 79.9. The van der Waals surface area contributed by atoms with Gasteiger partial charge >= 0.3 is 0 Å². The molecule has 4 nitrogen and oxygen atoms in total. The minimum absolute atomic E-state index is 0.0561. The molecule has 0 fully saturated rings. The molecule has 0 aliphatic carbocycles. The zero-order valence-electron chi connectivity index (χ0n) is 9.94. The van der Waals surface area contributed by atoms with E-state index in [4.69, 9.17) is 11.6 Å². The van der Waals surface area contributed by atoms with Crippen LogP contribution in [-0.2, 0) is 6.54 Å². The Morgan fingerprint density at radius 1 is 1.33 bits per heavy atom. The molecular formula is C12H11BrClN3O. The third kappa shape index (κ3) is 2.97. The van der Waals surface area contributed by atoms with Crippen molar-refractivity contribution in [2.45, 2.75) is 20.4 Å². The summed E-state index contributed by atoms with van der Waals surface area (Å²) in [7, 11) is 0. The molecule has 2 heterocycles. The number of hydrogen-bond donors (Lipinski definition) is 0. The van der Waals surface area contributed by atoms with E-state index in [1.54, 1.807) is 29.8 Å². The first kappa shape index (κ1) is 13.2. The highest BCUT2D eigenvalue weighted by Gasteiger charge is 2.06. The van der Waals surface area contributed by atoms with Crippen LogP contribution in [0.2, 0.25) is 5.15 Å². The van der Waals surface area contributed by atoms with Crippen LogP contribution < -0.4 is 5.56 Å². The van der Waals surface area contributed by atoms with E-state index in [9.17, 15) is 4.79 Å². The molecule has 0 unspecified atom stereocenters. The maximum Gasteiger partial charge on any atom is 0.253 e. The number of aryl methyl sites for hydroxylation is 2. The summed E-state index contributed by atoms with van der Waals surface area (Å²) in [6.07, 6.45) is 1.72. The molecule has 0 N–H and O–H groups in total. The minimum atomic E-state index is -0.0561. The van der Waals surface area contributed by atoms with Crippen LogP contribution in [0.25, 0.3) is 0 Å². The van der Waals surface area contributed by atoms with Gasteiger partial charge in [-0.25, -0.2) is 9.97 Å². The predicted molar refractivity (Wildman–Crippen MR) is 74.0 cm³/mol. The number of halogens is 2. The van der Waals surface area contributed by atoms with Crippen LogP contribution in [0.5, 0.6) is 0 Å². The van der Waals surface area contributed by atoms with Crippen molar-refractivity contribution in [2.24, 2.45) is 0 Å². The Labute approximate surface area is 118 Å². The van der Waals surface area contributed by atoms with E-state index < -0.39 is 0 Å². The maximum atomic E-state index is 11.9. The molecule has 2 aromatic heterocycles. The van der Waals surface area contributed by atoms with Crippen molar-refractivity contribution in [1.29, 1.82) is 0 Å². The Hall–Kier alpha value is -1.20. The average molecular weight is 329 g/mol. The first-order chi connectivity index (χ1) is 8.45. The molecule has 6 heteroatoms. The fourth-order valence-corrected chi connectivity index (χ4v) is 2.52. The van der Waals surface area contributed by atoms with Crippen molar-refractivity contribution in [3.05, 3.63) is 55.4 Å². The molecule has 0 atom stereocenters. The topological polar surface area (TPSA) is 47.8 Å². The molecule has 0 aromatic carbocycles. The number of aromatic nitrogens is 3. The van der Waals surface area contributed by atoms with Gasteiger partial charge in [0.2, 0.25) is 0 Å². The molecular weight excluding hydrogens is 318 g/mol. The quantitative estimate of drug-likeness (QED) is 0.796. The van der Waals surface area contributed by atoms with Gasteiger partial charge in [-0.3, -0.25) is 4.79 Å². The van der Waals surface area contributed by atoms with E-state index in [2.05, 4.69) is 25.9 Å². The third-order valence-corrected chi connectivity index (χ3v) is 3.04. The molecule has 2 rings (SSSR count). The number of nitrogens with zero attached hydrogens (tertiary/aromatic N) is 3. The predicted octanol–water partition coefficient (Wildman–Crippen LogP) is 2.72. The van der Waals surface area contributed by atoms with E-state index in [1.165, 1.54) is 0 Å². The van der Waals surface area contributed by atoms with Crippen LogP contribution in [0.4, 0.5) is 0 Å². The molecule has 0 amide bonds. The summed E-state index contributed by atoms with van der Waals surface area (Å²) >= 11 is 9.23. The number of hydrogen-bond acceptors (Lipinski definition) is 3. The normalized spacial score (nSPS) is 10.7. The summed E-state index contributed by atoms with van der Waals surface area (Å²) in [4.78, 5) is 20.3. The largest absolute Gasteiger partial charge is 0.307 e. The molecule has 0 saturated heterocycles. The van der Waals surface area contributed by atoms with Crippen molar-refractivity contribution in [1.82, 2.24) is 14.5 Å². The zero-order chi connectivity index (χ0) is 13.3. The van der Waals surface area contributed by atoms with Gasteiger partial charge in [0.25, 0.3) is 5.56 Å². The van der Waals surface area contributed by atoms with Crippen molar-refractivity contribution in [2.75, 3.05) is 0 Å². The molecule has 0 spiro atoms. The molecule has 0 aliphatic rings. The van der Waals surface area contributed by atoms with Crippen LogP contribution in [0.15, 0.2) is 27.6 Å².